The van der Waals surface area contributed by atoms with Crippen LogP contribution in [0.4, 0.5) is 10.5 Å². The van der Waals surface area contributed by atoms with Crippen LogP contribution in [0.3, 0.4) is 0 Å². The standard InChI is InChI=1S/C18H22N2O5/c1-10-8-15(21)24-14-9-12(6-7-13(10)14)20-16(22)11(2)19-17(23)25-18(3,4)5/h6-9,11H,1-5H3,(H,19,23)(H,20,22). The Labute approximate surface area is 145 Å². The molecule has 0 saturated heterocycles. The number of amides is 2. The zero-order chi connectivity index (χ0) is 18.8. The number of hydrogen-bond acceptors (Lipinski definition) is 5. The van der Waals surface area contributed by atoms with Crippen LogP contribution in [0.2, 0.25) is 0 Å². The fraction of sp³-hybridized carbons (Fsp3) is 0.389. The lowest BCUT2D eigenvalue weighted by molar-refractivity contribution is -0.117. The van der Waals surface area contributed by atoms with Crippen LogP contribution in [0.25, 0.3) is 11.0 Å². The zero-order valence-corrected chi connectivity index (χ0v) is 14.9. The first-order valence-electron chi connectivity index (χ1n) is 7.90. The summed E-state index contributed by atoms with van der Waals surface area (Å²) in [6, 6.07) is 5.65. The first-order chi connectivity index (χ1) is 11.5. The quantitative estimate of drug-likeness (QED) is 0.833. The van der Waals surface area contributed by atoms with Crippen molar-refractivity contribution in [2.24, 2.45) is 0 Å². The highest BCUT2D eigenvalue weighted by molar-refractivity contribution is 5.97. The SMILES string of the molecule is Cc1cc(=O)oc2cc(NC(=O)C(C)NC(=O)OC(C)(C)C)ccc12. The van der Waals surface area contributed by atoms with Crippen LogP contribution < -0.4 is 16.3 Å². The molecule has 1 atom stereocenters. The Balaban J connectivity index is 2.08. The monoisotopic (exact) mass is 346 g/mol. The second kappa shape index (κ2) is 6.96. The second-order valence-corrected chi connectivity index (χ2v) is 6.82. The van der Waals surface area contributed by atoms with E-state index in [0.29, 0.717) is 11.3 Å². The third-order valence-electron chi connectivity index (χ3n) is 3.35. The molecule has 0 aliphatic rings. The van der Waals surface area contributed by atoms with Crippen LogP contribution in [0, 0.1) is 6.92 Å². The molecule has 0 aliphatic heterocycles. The fourth-order valence-electron chi connectivity index (χ4n) is 2.20. The van der Waals surface area contributed by atoms with Crippen molar-refractivity contribution < 1.29 is 18.7 Å². The normalized spacial score (nSPS) is 12.5. The number of benzene rings is 1. The molecule has 1 aromatic heterocycles. The molecule has 2 rings (SSSR count). The topological polar surface area (TPSA) is 97.6 Å². The van der Waals surface area contributed by atoms with Crippen LogP contribution in [0.1, 0.15) is 33.3 Å². The Morgan fingerprint density at radius 3 is 2.52 bits per heavy atom. The largest absolute Gasteiger partial charge is 0.444 e. The molecule has 1 unspecified atom stereocenters. The number of ether oxygens (including phenoxy) is 1. The van der Waals surface area contributed by atoms with Gasteiger partial charge in [0, 0.05) is 23.2 Å². The maximum atomic E-state index is 12.2. The molecule has 0 bridgehead atoms. The molecule has 0 aliphatic carbocycles. The predicted octanol–water partition coefficient (Wildman–Crippen LogP) is 2.95. The van der Waals surface area contributed by atoms with Crippen molar-refractivity contribution in [1.82, 2.24) is 5.32 Å². The summed E-state index contributed by atoms with van der Waals surface area (Å²) < 4.78 is 10.3. The summed E-state index contributed by atoms with van der Waals surface area (Å²) in [7, 11) is 0. The fourth-order valence-corrected chi connectivity index (χ4v) is 2.20. The summed E-state index contributed by atoms with van der Waals surface area (Å²) in [4.78, 5) is 35.4. The van der Waals surface area contributed by atoms with Crippen molar-refractivity contribution in [2.75, 3.05) is 5.32 Å². The lowest BCUT2D eigenvalue weighted by atomic mass is 10.1. The van der Waals surface area contributed by atoms with Gasteiger partial charge < -0.3 is 19.8 Å². The summed E-state index contributed by atoms with van der Waals surface area (Å²) in [5.41, 5.74) is 0.547. The summed E-state index contributed by atoms with van der Waals surface area (Å²) in [6.07, 6.45) is -0.671. The van der Waals surface area contributed by atoms with Gasteiger partial charge in [-0.2, -0.15) is 0 Å². The summed E-state index contributed by atoms with van der Waals surface area (Å²) in [5, 5.41) is 5.92. The van der Waals surface area contributed by atoms with E-state index in [0.717, 1.165) is 10.9 Å². The number of alkyl carbamates (subject to hydrolysis) is 1. The molecule has 7 heteroatoms. The molecule has 134 valence electrons. The second-order valence-electron chi connectivity index (χ2n) is 6.82. The van der Waals surface area contributed by atoms with Crippen LogP contribution in [0.5, 0.6) is 0 Å². The van der Waals surface area contributed by atoms with Gasteiger partial charge in [-0.1, -0.05) is 0 Å². The Morgan fingerprint density at radius 1 is 1.20 bits per heavy atom. The molecule has 0 spiro atoms. The lowest BCUT2D eigenvalue weighted by Crippen LogP contribution is -2.43. The zero-order valence-electron chi connectivity index (χ0n) is 14.9. The van der Waals surface area contributed by atoms with Crippen LogP contribution in [-0.4, -0.2) is 23.6 Å². The van der Waals surface area contributed by atoms with E-state index in [1.807, 2.05) is 6.92 Å². The minimum Gasteiger partial charge on any atom is -0.444 e. The van der Waals surface area contributed by atoms with Crippen LogP contribution in [0.15, 0.2) is 33.5 Å². The van der Waals surface area contributed by atoms with E-state index in [4.69, 9.17) is 9.15 Å². The smallest absolute Gasteiger partial charge is 0.408 e. The van der Waals surface area contributed by atoms with E-state index in [1.165, 1.54) is 6.07 Å². The molecular formula is C18H22N2O5. The Bertz CT molecular complexity index is 864. The van der Waals surface area contributed by atoms with E-state index in [1.54, 1.807) is 45.9 Å². The van der Waals surface area contributed by atoms with Crippen molar-refractivity contribution in [2.45, 2.75) is 46.3 Å². The number of nitrogens with one attached hydrogen (secondary N) is 2. The van der Waals surface area contributed by atoms with E-state index < -0.39 is 29.3 Å². The van der Waals surface area contributed by atoms with Crippen molar-refractivity contribution >= 4 is 28.7 Å². The lowest BCUT2D eigenvalue weighted by Gasteiger charge is -2.21. The van der Waals surface area contributed by atoms with E-state index in [9.17, 15) is 14.4 Å². The molecule has 0 fully saturated rings. The van der Waals surface area contributed by atoms with Crippen molar-refractivity contribution in [1.29, 1.82) is 0 Å². The Hall–Kier alpha value is -2.83. The van der Waals surface area contributed by atoms with Gasteiger partial charge in [0.1, 0.15) is 17.2 Å². The number of hydrogen-bond donors (Lipinski definition) is 2. The highest BCUT2D eigenvalue weighted by Crippen LogP contribution is 2.20. The highest BCUT2D eigenvalue weighted by atomic mass is 16.6. The van der Waals surface area contributed by atoms with Gasteiger partial charge in [-0.25, -0.2) is 9.59 Å². The van der Waals surface area contributed by atoms with Gasteiger partial charge >= 0.3 is 11.7 Å². The molecular weight excluding hydrogens is 324 g/mol. The summed E-state index contributed by atoms with van der Waals surface area (Å²) in [6.45, 7) is 8.57. The highest BCUT2D eigenvalue weighted by Gasteiger charge is 2.21. The average molecular weight is 346 g/mol. The molecule has 2 amide bonds. The van der Waals surface area contributed by atoms with Crippen molar-refractivity contribution in [3.8, 4) is 0 Å². The number of aryl methyl sites for hydroxylation is 1. The van der Waals surface area contributed by atoms with Gasteiger partial charge in [-0.15, -0.1) is 0 Å². The maximum Gasteiger partial charge on any atom is 0.408 e. The third kappa shape index (κ3) is 5.07. The van der Waals surface area contributed by atoms with E-state index in [-0.39, 0.29) is 0 Å². The van der Waals surface area contributed by atoms with Crippen LogP contribution in [-0.2, 0) is 9.53 Å². The molecule has 2 N–H and O–H groups in total. The molecule has 0 saturated carbocycles. The van der Waals surface area contributed by atoms with Crippen molar-refractivity contribution in [3.63, 3.8) is 0 Å². The van der Waals surface area contributed by atoms with Gasteiger partial charge in [0.25, 0.3) is 0 Å². The Morgan fingerprint density at radius 2 is 1.88 bits per heavy atom. The molecule has 25 heavy (non-hydrogen) atoms. The molecule has 1 aromatic carbocycles. The van der Waals surface area contributed by atoms with Gasteiger partial charge in [0.15, 0.2) is 0 Å². The van der Waals surface area contributed by atoms with Gasteiger partial charge in [0.05, 0.1) is 0 Å². The first-order valence-corrected chi connectivity index (χ1v) is 7.90. The maximum absolute atomic E-state index is 12.2. The van der Waals surface area contributed by atoms with Gasteiger partial charge in [-0.05, 0) is 52.3 Å². The number of rotatable bonds is 3. The molecule has 0 radical (unpaired) electrons. The van der Waals surface area contributed by atoms with Crippen molar-refractivity contribution in [3.05, 3.63) is 40.2 Å². The minimum atomic E-state index is -0.796. The summed E-state index contributed by atoms with van der Waals surface area (Å²) in [5.74, 6) is -0.416. The number of carbonyl (C=O) groups is 2. The molecule has 7 nitrogen and oxygen atoms in total. The third-order valence-corrected chi connectivity index (χ3v) is 3.35. The summed E-state index contributed by atoms with van der Waals surface area (Å²) >= 11 is 0. The first kappa shape index (κ1) is 18.5. The van der Waals surface area contributed by atoms with Crippen LogP contribution >= 0.6 is 0 Å². The average Bonchev–Trinajstić information content (AvgIpc) is 2.44. The number of anilines is 1. The Kier molecular flexibility index (Phi) is 5.15. The molecule has 1 heterocycles. The predicted molar refractivity (Wildman–Crippen MR) is 94.7 cm³/mol. The van der Waals surface area contributed by atoms with Gasteiger partial charge in [-0.3, -0.25) is 4.79 Å². The molecule has 2 aromatic rings. The van der Waals surface area contributed by atoms with E-state index >= 15 is 0 Å². The minimum absolute atomic E-state index is 0.385. The van der Waals surface area contributed by atoms with Gasteiger partial charge in [0.2, 0.25) is 5.91 Å². The number of fused-ring (bicyclic) bond motifs is 1. The van der Waals surface area contributed by atoms with E-state index in [2.05, 4.69) is 10.6 Å². The number of carbonyl (C=O) groups excluding carboxylic acids is 2.